The molecule has 0 saturated heterocycles. The van der Waals surface area contributed by atoms with E-state index in [-0.39, 0.29) is 17.3 Å². The van der Waals surface area contributed by atoms with E-state index in [1.165, 1.54) is 6.92 Å². The van der Waals surface area contributed by atoms with Gasteiger partial charge in [0, 0.05) is 37.3 Å². The fraction of sp³-hybridized carbons (Fsp3) is 0.304. The molecule has 1 aliphatic heterocycles. The number of ether oxygens (including phenoxy) is 1. The van der Waals surface area contributed by atoms with Crippen LogP contribution in [0.25, 0.3) is 10.9 Å². The van der Waals surface area contributed by atoms with Crippen LogP contribution in [0.4, 0.5) is 5.69 Å². The fourth-order valence-electron chi connectivity index (χ4n) is 3.80. The molecule has 8 heteroatoms. The van der Waals surface area contributed by atoms with Gasteiger partial charge in [-0.3, -0.25) is 9.78 Å². The summed E-state index contributed by atoms with van der Waals surface area (Å²) in [6.07, 6.45) is 3.82. The summed E-state index contributed by atoms with van der Waals surface area (Å²) in [5, 5.41) is 0.997. The minimum absolute atomic E-state index is 0.0314. The van der Waals surface area contributed by atoms with Crippen molar-refractivity contribution in [1.29, 1.82) is 0 Å². The van der Waals surface area contributed by atoms with E-state index >= 15 is 0 Å². The lowest BCUT2D eigenvalue weighted by Crippen LogP contribution is -2.33. The number of hydrogen-bond donors (Lipinski definition) is 1. The van der Waals surface area contributed by atoms with Gasteiger partial charge in [-0.25, -0.2) is 13.1 Å². The van der Waals surface area contributed by atoms with Gasteiger partial charge in [0.2, 0.25) is 15.9 Å². The Morgan fingerprint density at radius 1 is 1.19 bits per heavy atom. The van der Waals surface area contributed by atoms with E-state index in [4.69, 9.17) is 4.74 Å². The van der Waals surface area contributed by atoms with Crippen LogP contribution in [0.5, 0.6) is 5.75 Å². The Kier molecular flexibility index (Phi) is 6.20. The average Bonchev–Trinajstić information content (AvgIpc) is 2.78. The Morgan fingerprint density at radius 3 is 2.87 bits per heavy atom. The van der Waals surface area contributed by atoms with Gasteiger partial charge in [0.1, 0.15) is 11.3 Å². The third kappa shape index (κ3) is 4.70. The number of para-hydroxylation sites is 1. The van der Waals surface area contributed by atoms with Crippen molar-refractivity contribution in [2.45, 2.75) is 31.1 Å². The Labute approximate surface area is 182 Å². The average molecular weight is 440 g/mol. The van der Waals surface area contributed by atoms with Gasteiger partial charge in [0.15, 0.2) is 0 Å². The number of nitrogens with zero attached hydrogens (tertiary/aromatic N) is 2. The first-order valence-electron chi connectivity index (χ1n) is 10.3. The summed E-state index contributed by atoms with van der Waals surface area (Å²) in [5.74, 6) is 0.654. The standard InChI is InChI=1S/C23H25N3O4S/c1-17(27)26-14-4-8-19-16-20(10-11-21(19)26)31(28,29)25-13-5-15-30-22-9-2-6-18-7-3-12-24-23(18)22/h2-3,6-7,9-12,16,25H,4-5,8,13-15H2,1H3. The van der Waals surface area contributed by atoms with Gasteiger partial charge in [0.05, 0.1) is 11.5 Å². The van der Waals surface area contributed by atoms with Crippen LogP contribution >= 0.6 is 0 Å². The number of sulfonamides is 1. The second-order valence-corrected chi connectivity index (χ2v) is 9.26. The van der Waals surface area contributed by atoms with Crippen LogP contribution in [-0.4, -0.2) is 39.0 Å². The molecule has 7 nitrogen and oxygen atoms in total. The van der Waals surface area contributed by atoms with Crippen LogP contribution in [0.15, 0.2) is 59.6 Å². The van der Waals surface area contributed by atoms with Crippen LogP contribution < -0.4 is 14.4 Å². The smallest absolute Gasteiger partial charge is 0.240 e. The molecule has 1 aliphatic rings. The summed E-state index contributed by atoms with van der Waals surface area (Å²) in [6.45, 7) is 2.82. The Morgan fingerprint density at radius 2 is 2.03 bits per heavy atom. The van der Waals surface area contributed by atoms with Crippen molar-refractivity contribution in [2.24, 2.45) is 0 Å². The highest BCUT2D eigenvalue weighted by atomic mass is 32.2. The lowest BCUT2D eigenvalue weighted by molar-refractivity contribution is -0.116. The van der Waals surface area contributed by atoms with E-state index in [1.54, 1.807) is 29.3 Å². The predicted octanol–water partition coefficient (Wildman–Crippen LogP) is 3.28. The number of hydrogen-bond acceptors (Lipinski definition) is 5. The highest BCUT2D eigenvalue weighted by molar-refractivity contribution is 7.89. The third-order valence-corrected chi connectivity index (χ3v) is 6.79. The second kappa shape index (κ2) is 9.03. The molecule has 0 aliphatic carbocycles. The zero-order chi connectivity index (χ0) is 21.8. The van der Waals surface area contributed by atoms with Crippen LogP contribution in [0.3, 0.4) is 0 Å². The molecule has 1 aromatic heterocycles. The zero-order valence-corrected chi connectivity index (χ0v) is 18.2. The molecule has 0 bridgehead atoms. The first-order valence-corrected chi connectivity index (χ1v) is 11.8. The number of aromatic nitrogens is 1. The number of anilines is 1. The number of benzene rings is 2. The molecule has 3 aromatic rings. The minimum atomic E-state index is -3.63. The SMILES string of the molecule is CC(=O)N1CCCc2cc(S(=O)(=O)NCCCOc3cccc4cccnc34)ccc21. The normalized spacial score (nSPS) is 13.8. The molecule has 0 fully saturated rings. The summed E-state index contributed by atoms with van der Waals surface area (Å²) in [6, 6.07) is 14.5. The van der Waals surface area contributed by atoms with Gasteiger partial charge in [-0.2, -0.15) is 0 Å². The highest BCUT2D eigenvalue weighted by Crippen LogP contribution is 2.29. The van der Waals surface area contributed by atoms with Crippen LogP contribution in [0.2, 0.25) is 0 Å². The van der Waals surface area contributed by atoms with E-state index in [2.05, 4.69) is 9.71 Å². The Balaban J connectivity index is 1.35. The molecular weight excluding hydrogens is 414 g/mol. The molecule has 0 atom stereocenters. The summed E-state index contributed by atoms with van der Waals surface area (Å²) in [7, 11) is -3.63. The number of pyridine rings is 1. The quantitative estimate of drug-likeness (QED) is 0.571. The van der Waals surface area contributed by atoms with Crippen LogP contribution in [0.1, 0.15) is 25.3 Å². The van der Waals surface area contributed by atoms with Gasteiger partial charge in [-0.05, 0) is 55.2 Å². The highest BCUT2D eigenvalue weighted by Gasteiger charge is 2.22. The van der Waals surface area contributed by atoms with Crippen molar-refractivity contribution in [3.05, 3.63) is 60.3 Å². The molecule has 1 N–H and O–H groups in total. The van der Waals surface area contributed by atoms with Crippen molar-refractivity contribution in [2.75, 3.05) is 24.6 Å². The van der Waals surface area contributed by atoms with Gasteiger partial charge >= 0.3 is 0 Å². The number of carbonyl (C=O) groups is 1. The van der Waals surface area contributed by atoms with Crippen LogP contribution in [0, 0.1) is 0 Å². The minimum Gasteiger partial charge on any atom is -0.491 e. The Bertz CT molecular complexity index is 1210. The summed E-state index contributed by atoms with van der Waals surface area (Å²) < 4.78 is 33.8. The fourth-order valence-corrected chi connectivity index (χ4v) is 4.93. The van der Waals surface area contributed by atoms with Crippen molar-refractivity contribution < 1.29 is 17.9 Å². The van der Waals surface area contributed by atoms with Gasteiger partial charge < -0.3 is 9.64 Å². The molecule has 1 amide bonds. The maximum Gasteiger partial charge on any atom is 0.240 e. The molecule has 31 heavy (non-hydrogen) atoms. The summed E-state index contributed by atoms with van der Waals surface area (Å²) >= 11 is 0. The van der Waals surface area contributed by atoms with Gasteiger partial charge in [-0.1, -0.05) is 18.2 Å². The molecule has 0 unspecified atom stereocenters. The van der Waals surface area contributed by atoms with E-state index in [9.17, 15) is 13.2 Å². The Hall–Kier alpha value is -2.97. The number of nitrogens with one attached hydrogen (secondary N) is 1. The van der Waals surface area contributed by atoms with Crippen molar-refractivity contribution in [1.82, 2.24) is 9.71 Å². The maximum atomic E-state index is 12.7. The van der Waals surface area contributed by atoms with E-state index in [0.717, 1.165) is 35.0 Å². The second-order valence-electron chi connectivity index (χ2n) is 7.50. The summed E-state index contributed by atoms with van der Waals surface area (Å²) in [4.78, 5) is 18.1. The molecular formula is C23H25N3O4S. The van der Waals surface area contributed by atoms with Crippen molar-refractivity contribution in [3.8, 4) is 5.75 Å². The van der Waals surface area contributed by atoms with Gasteiger partial charge in [0.25, 0.3) is 0 Å². The first kappa shape index (κ1) is 21.3. The molecule has 0 saturated carbocycles. The third-order valence-electron chi connectivity index (χ3n) is 5.33. The first-order chi connectivity index (χ1) is 15.0. The topological polar surface area (TPSA) is 88.6 Å². The number of fused-ring (bicyclic) bond motifs is 2. The number of rotatable bonds is 7. The van der Waals surface area contributed by atoms with E-state index in [1.807, 2.05) is 30.3 Å². The molecule has 4 rings (SSSR count). The molecule has 0 spiro atoms. The number of carbonyl (C=O) groups excluding carboxylic acids is 1. The largest absolute Gasteiger partial charge is 0.491 e. The van der Waals surface area contributed by atoms with E-state index < -0.39 is 10.0 Å². The van der Waals surface area contributed by atoms with E-state index in [0.29, 0.717) is 25.3 Å². The molecule has 162 valence electrons. The molecule has 2 aromatic carbocycles. The lowest BCUT2D eigenvalue weighted by Gasteiger charge is -2.28. The molecule has 2 heterocycles. The number of aryl methyl sites for hydroxylation is 1. The predicted molar refractivity (Wildman–Crippen MR) is 120 cm³/mol. The van der Waals surface area contributed by atoms with Crippen molar-refractivity contribution >= 4 is 32.5 Å². The number of amides is 1. The van der Waals surface area contributed by atoms with Crippen molar-refractivity contribution in [3.63, 3.8) is 0 Å². The zero-order valence-electron chi connectivity index (χ0n) is 17.4. The lowest BCUT2D eigenvalue weighted by atomic mass is 10.0. The maximum absolute atomic E-state index is 12.7. The van der Waals surface area contributed by atoms with Gasteiger partial charge in [-0.15, -0.1) is 0 Å². The monoisotopic (exact) mass is 439 g/mol. The van der Waals surface area contributed by atoms with Crippen LogP contribution in [-0.2, 0) is 21.2 Å². The summed E-state index contributed by atoms with van der Waals surface area (Å²) in [5.41, 5.74) is 2.48. The molecule has 0 radical (unpaired) electrons.